The predicted molar refractivity (Wildman–Crippen MR) is 158 cm³/mol. The number of amides is 2. The third-order valence-electron chi connectivity index (χ3n) is 8.43. The van der Waals surface area contributed by atoms with Gasteiger partial charge in [0.05, 0.1) is 19.7 Å². The minimum atomic E-state index is -0.0666. The first-order valence-electron chi connectivity index (χ1n) is 14.5. The smallest absolute Gasteiger partial charge is 0.242 e. The van der Waals surface area contributed by atoms with Crippen LogP contribution in [0.3, 0.4) is 0 Å². The number of hydrogen-bond acceptors (Lipinski definition) is 3. The quantitative estimate of drug-likeness (QED) is 0.267. The van der Waals surface area contributed by atoms with E-state index in [1.54, 1.807) is 12.0 Å². The van der Waals surface area contributed by atoms with E-state index in [4.69, 9.17) is 16.3 Å². The third-order valence-corrected chi connectivity index (χ3v) is 8.80. The number of aromatic nitrogens is 1. The number of hydrogen-bond donors (Lipinski definition) is 0. The number of methoxy groups -OCH3 is 1. The van der Waals surface area contributed by atoms with Crippen molar-refractivity contribution in [2.45, 2.75) is 63.6 Å². The van der Waals surface area contributed by atoms with E-state index < -0.39 is 0 Å². The fraction of sp³-hybridized carbons (Fsp3) is 0.455. The lowest BCUT2D eigenvalue weighted by atomic mass is 9.94. The van der Waals surface area contributed by atoms with Crippen LogP contribution in [0.4, 0.5) is 0 Å². The Balaban J connectivity index is 1.32. The highest BCUT2D eigenvalue weighted by Crippen LogP contribution is 2.48. The van der Waals surface area contributed by atoms with Gasteiger partial charge in [0.1, 0.15) is 0 Å². The number of carbonyl (C=O) groups is 2. The summed E-state index contributed by atoms with van der Waals surface area (Å²) in [6, 6.07) is 22.4. The lowest BCUT2D eigenvalue weighted by Crippen LogP contribution is -2.48. The number of carbonyl (C=O) groups excluding carboxylic acids is 2. The van der Waals surface area contributed by atoms with Crippen LogP contribution in [-0.4, -0.2) is 59.0 Å². The molecular formula is C33H40ClN3O3. The molecule has 40 heavy (non-hydrogen) atoms. The Morgan fingerprint density at radius 3 is 2.48 bits per heavy atom. The molecule has 0 bridgehead atoms. The molecule has 1 heterocycles. The van der Waals surface area contributed by atoms with Crippen molar-refractivity contribution in [1.29, 1.82) is 0 Å². The maximum atomic E-state index is 14.0. The van der Waals surface area contributed by atoms with Crippen LogP contribution in [-0.2, 0) is 27.4 Å². The van der Waals surface area contributed by atoms with Gasteiger partial charge in [-0.3, -0.25) is 9.59 Å². The minimum Gasteiger partial charge on any atom is -0.383 e. The highest BCUT2D eigenvalue weighted by Gasteiger charge is 2.46. The van der Waals surface area contributed by atoms with E-state index in [0.29, 0.717) is 26.2 Å². The number of nitrogens with zero attached hydrogens (tertiary/aromatic N) is 3. The molecule has 0 radical (unpaired) electrons. The fourth-order valence-corrected chi connectivity index (χ4v) is 6.23. The van der Waals surface area contributed by atoms with E-state index in [-0.39, 0.29) is 36.2 Å². The molecule has 2 fully saturated rings. The Labute approximate surface area is 242 Å². The molecule has 212 valence electrons. The molecule has 6 nitrogen and oxygen atoms in total. The standard InChI is InChI=1S/C33H40ClN3O3/c1-40-20-19-36(33(39)30-21-29(30)25-11-4-2-5-12-25)24-32(38)37(27-14-6-3-7-15-27)23-28-16-10-18-35(28)22-26-13-8-9-17-31(26)34/h2,4-5,8-13,16-18,27,29-30H,3,6-7,14-15,19-24H2,1H3. The van der Waals surface area contributed by atoms with Gasteiger partial charge < -0.3 is 19.1 Å². The second-order valence-electron chi connectivity index (χ2n) is 11.1. The fourth-order valence-electron chi connectivity index (χ4n) is 6.04. The molecule has 1 aromatic heterocycles. The third kappa shape index (κ3) is 6.97. The van der Waals surface area contributed by atoms with Crippen molar-refractivity contribution in [3.63, 3.8) is 0 Å². The van der Waals surface area contributed by atoms with Crippen LogP contribution >= 0.6 is 11.6 Å². The number of rotatable bonds is 12. The van der Waals surface area contributed by atoms with Crippen molar-refractivity contribution >= 4 is 23.4 Å². The van der Waals surface area contributed by atoms with Crippen molar-refractivity contribution in [1.82, 2.24) is 14.4 Å². The van der Waals surface area contributed by atoms with Crippen LogP contribution < -0.4 is 0 Å². The van der Waals surface area contributed by atoms with E-state index in [0.717, 1.165) is 48.4 Å². The van der Waals surface area contributed by atoms with Gasteiger partial charge in [-0.2, -0.15) is 0 Å². The summed E-state index contributed by atoms with van der Waals surface area (Å²) in [6.07, 6.45) is 8.35. The van der Waals surface area contributed by atoms with Crippen LogP contribution in [0.2, 0.25) is 5.02 Å². The normalized spacial score (nSPS) is 18.9. The highest BCUT2D eigenvalue weighted by atomic mass is 35.5. The Bertz CT molecular complexity index is 1270. The summed E-state index contributed by atoms with van der Waals surface area (Å²) in [4.78, 5) is 31.4. The molecule has 2 saturated carbocycles. The summed E-state index contributed by atoms with van der Waals surface area (Å²) in [6.45, 7) is 2.08. The zero-order chi connectivity index (χ0) is 27.9. The van der Waals surface area contributed by atoms with Crippen molar-refractivity contribution in [3.8, 4) is 0 Å². The Hall–Kier alpha value is -3.09. The van der Waals surface area contributed by atoms with Crippen molar-refractivity contribution in [3.05, 3.63) is 94.8 Å². The maximum Gasteiger partial charge on any atom is 0.242 e. The molecule has 2 amide bonds. The Kier molecular flexibility index (Phi) is 9.61. The van der Waals surface area contributed by atoms with Gasteiger partial charge >= 0.3 is 0 Å². The van der Waals surface area contributed by atoms with Gasteiger partial charge in [-0.25, -0.2) is 0 Å². The van der Waals surface area contributed by atoms with Crippen LogP contribution in [0.15, 0.2) is 72.9 Å². The largest absolute Gasteiger partial charge is 0.383 e. The van der Waals surface area contributed by atoms with Gasteiger partial charge in [-0.1, -0.05) is 79.4 Å². The first-order chi connectivity index (χ1) is 19.5. The summed E-state index contributed by atoms with van der Waals surface area (Å²) in [7, 11) is 1.63. The SMILES string of the molecule is COCCN(CC(=O)N(Cc1cccn1Cc1ccccc1Cl)C1CCCCC1)C(=O)C1CC1c1ccccc1. The monoisotopic (exact) mass is 561 g/mol. The molecule has 0 saturated heterocycles. The Morgan fingerprint density at radius 1 is 0.975 bits per heavy atom. The van der Waals surface area contributed by atoms with Crippen LogP contribution in [0.25, 0.3) is 0 Å². The molecular weight excluding hydrogens is 522 g/mol. The zero-order valence-corrected chi connectivity index (χ0v) is 24.1. The van der Waals surface area contributed by atoms with E-state index in [1.807, 2.05) is 59.6 Å². The molecule has 0 N–H and O–H groups in total. The van der Waals surface area contributed by atoms with E-state index in [2.05, 4.69) is 22.8 Å². The van der Waals surface area contributed by atoms with Crippen molar-refractivity contribution < 1.29 is 14.3 Å². The van der Waals surface area contributed by atoms with Crippen LogP contribution in [0.1, 0.15) is 61.3 Å². The summed E-state index contributed by atoms with van der Waals surface area (Å²) in [5, 5.41) is 0.739. The molecule has 2 aromatic carbocycles. The van der Waals surface area contributed by atoms with Crippen LogP contribution in [0.5, 0.6) is 0 Å². The van der Waals surface area contributed by atoms with Gasteiger partial charge in [0.15, 0.2) is 0 Å². The first-order valence-corrected chi connectivity index (χ1v) is 14.9. The molecule has 2 aliphatic rings. The second kappa shape index (κ2) is 13.5. The van der Waals surface area contributed by atoms with Gasteiger partial charge in [0, 0.05) is 49.1 Å². The summed E-state index contributed by atoms with van der Waals surface area (Å²) in [5.41, 5.74) is 3.31. The topological polar surface area (TPSA) is 54.8 Å². The molecule has 2 atom stereocenters. The van der Waals surface area contributed by atoms with Crippen molar-refractivity contribution in [2.75, 3.05) is 26.8 Å². The summed E-state index contributed by atoms with van der Waals surface area (Å²) >= 11 is 6.45. The van der Waals surface area contributed by atoms with Gasteiger partial charge in [0.25, 0.3) is 0 Å². The molecule has 0 spiro atoms. The number of ether oxygens (including phenoxy) is 1. The summed E-state index contributed by atoms with van der Waals surface area (Å²) in [5.74, 6) is 0.239. The molecule has 3 aromatic rings. The first kappa shape index (κ1) is 28.4. The average Bonchev–Trinajstić information content (AvgIpc) is 3.68. The molecule has 2 aliphatic carbocycles. The second-order valence-corrected chi connectivity index (χ2v) is 11.6. The maximum absolute atomic E-state index is 14.0. The highest BCUT2D eigenvalue weighted by molar-refractivity contribution is 6.31. The van der Waals surface area contributed by atoms with Gasteiger partial charge in [-0.05, 0) is 54.5 Å². The lowest BCUT2D eigenvalue weighted by Gasteiger charge is -2.36. The average molecular weight is 562 g/mol. The van der Waals surface area contributed by atoms with E-state index in [1.165, 1.54) is 12.0 Å². The minimum absolute atomic E-state index is 0.0127. The molecule has 2 unspecified atom stereocenters. The number of benzene rings is 2. The zero-order valence-electron chi connectivity index (χ0n) is 23.4. The molecule has 0 aliphatic heterocycles. The van der Waals surface area contributed by atoms with Crippen molar-refractivity contribution in [2.24, 2.45) is 5.92 Å². The van der Waals surface area contributed by atoms with E-state index in [9.17, 15) is 9.59 Å². The molecule has 5 rings (SSSR count). The Morgan fingerprint density at radius 2 is 1.73 bits per heavy atom. The number of halogens is 1. The predicted octanol–water partition coefficient (Wildman–Crippen LogP) is 6.13. The van der Waals surface area contributed by atoms with Gasteiger partial charge in [-0.15, -0.1) is 0 Å². The molecule has 7 heteroatoms. The van der Waals surface area contributed by atoms with Crippen LogP contribution in [0, 0.1) is 5.92 Å². The summed E-state index contributed by atoms with van der Waals surface area (Å²) < 4.78 is 7.50. The van der Waals surface area contributed by atoms with Gasteiger partial charge in [0.2, 0.25) is 11.8 Å². The van der Waals surface area contributed by atoms with E-state index >= 15 is 0 Å². The lowest BCUT2D eigenvalue weighted by molar-refractivity contribution is -0.144.